The molecule has 5 heteroatoms. The first-order valence-electron chi connectivity index (χ1n) is 6.75. The number of nitrogens with one attached hydrogen (secondary N) is 2. The van der Waals surface area contributed by atoms with Crippen LogP contribution in [0.3, 0.4) is 0 Å². The molecule has 0 aliphatic carbocycles. The first-order valence-corrected chi connectivity index (χ1v) is 6.75. The van der Waals surface area contributed by atoms with Crippen molar-refractivity contribution in [1.82, 2.24) is 10.6 Å². The van der Waals surface area contributed by atoms with Crippen LogP contribution in [0.5, 0.6) is 0 Å². The molecule has 4 N–H and O–H groups in total. The van der Waals surface area contributed by atoms with Gasteiger partial charge in [-0.1, -0.05) is 6.07 Å². The largest absolute Gasteiger partial charge is 0.330 e. The van der Waals surface area contributed by atoms with Crippen LogP contribution in [0.2, 0.25) is 0 Å². The van der Waals surface area contributed by atoms with E-state index < -0.39 is 11.6 Å². The lowest BCUT2D eigenvalue weighted by atomic mass is 9.78. The number of imide groups is 1. The number of hydrogen-bond acceptors (Lipinski definition) is 3. The summed E-state index contributed by atoms with van der Waals surface area (Å²) < 4.78 is 0. The SMILES string of the molecule is Cc1cc(C)c(C)c(C2(CCN)NC(=O)NC2=O)c1C. The fourth-order valence-corrected chi connectivity index (χ4v) is 3.04. The number of benzene rings is 1. The van der Waals surface area contributed by atoms with Gasteiger partial charge in [0.25, 0.3) is 5.91 Å². The van der Waals surface area contributed by atoms with E-state index in [-0.39, 0.29) is 5.91 Å². The zero-order valence-electron chi connectivity index (χ0n) is 12.4. The van der Waals surface area contributed by atoms with Crippen LogP contribution in [-0.4, -0.2) is 18.5 Å². The summed E-state index contributed by atoms with van der Waals surface area (Å²) in [6, 6.07) is 1.64. The summed E-state index contributed by atoms with van der Waals surface area (Å²) in [5.74, 6) is -0.316. The molecule has 5 nitrogen and oxygen atoms in total. The Kier molecular flexibility index (Phi) is 3.56. The van der Waals surface area contributed by atoms with Crippen molar-refractivity contribution in [2.24, 2.45) is 5.73 Å². The third-order valence-corrected chi connectivity index (χ3v) is 4.25. The smallest absolute Gasteiger partial charge is 0.322 e. The van der Waals surface area contributed by atoms with Crippen LogP contribution in [0, 0.1) is 27.7 Å². The highest BCUT2D eigenvalue weighted by Crippen LogP contribution is 2.35. The molecule has 108 valence electrons. The van der Waals surface area contributed by atoms with Crippen molar-refractivity contribution >= 4 is 11.9 Å². The molecule has 1 heterocycles. The predicted molar refractivity (Wildman–Crippen MR) is 77.4 cm³/mol. The van der Waals surface area contributed by atoms with Gasteiger partial charge in [-0.3, -0.25) is 10.1 Å². The second-order valence-corrected chi connectivity index (χ2v) is 5.49. The van der Waals surface area contributed by atoms with Crippen LogP contribution >= 0.6 is 0 Å². The van der Waals surface area contributed by atoms with E-state index in [0.717, 1.165) is 27.8 Å². The molecule has 1 aliphatic rings. The standard InChI is InChI=1S/C15H21N3O2/c1-8-7-9(2)11(4)12(10(8)3)15(5-6-16)13(19)17-14(20)18-15/h7H,5-6,16H2,1-4H3,(H2,17,18,19,20). The second kappa shape index (κ2) is 4.90. The third-order valence-electron chi connectivity index (χ3n) is 4.25. The van der Waals surface area contributed by atoms with Crippen molar-refractivity contribution in [3.05, 3.63) is 33.9 Å². The Hall–Kier alpha value is -1.88. The molecule has 1 saturated heterocycles. The summed E-state index contributed by atoms with van der Waals surface area (Å²) >= 11 is 0. The lowest BCUT2D eigenvalue weighted by Crippen LogP contribution is -2.46. The van der Waals surface area contributed by atoms with E-state index in [1.165, 1.54) is 0 Å². The van der Waals surface area contributed by atoms with Crippen molar-refractivity contribution in [1.29, 1.82) is 0 Å². The first-order chi connectivity index (χ1) is 9.33. The lowest BCUT2D eigenvalue weighted by molar-refractivity contribution is -0.124. The van der Waals surface area contributed by atoms with Gasteiger partial charge in [0.15, 0.2) is 0 Å². The van der Waals surface area contributed by atoms with Crippen LogP contribution in [0.1, 0.15) is 34.2 Å². The average Bonchev–Trinajstić information content (AvgIpc) is 2.63. The molecule has 0 bridgehead atoms. The molecular weight excluding hydrogens is 254 g/mol. The average molecular weight is 275 g/mol. The molecule has 0 spiro atoms. The maximum absolute atomic E-state index is 12.4. The van der Waals surface area contributed by atoms with Crippen molar-refractivity contribution < 1.29 is 9.59 Å². The molecule has 1 aliphatic heterocycles. The van der Waals surface area contributed by atoms with Gasteiger partial charge in [0.1, 0.15) is 5.54 Å². The minimum Gasteiger partial charge on any atom is -0.330 e. The zero-order valence-corrected chi connectivity index (χ0v) is 12.4. The number of rotatable bonds is 3. The molecule has 1 aromatic rings. The van der Waals surface area contributed by atoms with E-state index in [0.29, 0.717) is 13.0 Å². The summed E-state index contributed by atoms with van der Waals surface area (Å²) in [4.78, 5) is 24.0. The molecule has 3 amide bonds. The molecule has 2 rings (SSSR count). The molecule has 0 radical (unpaired) electrons. The molecule has 1 unspecified atom stereocenters. The number of urea groups is 1. The number of carbonyl (C=O) groups excluding carboxylic acids is 2. The van der Waals surface area contributed by atoms with E-state index in [4.69, 9.17) is 5.73 Å². The summed E-state index contributed by atoms with van der Waals surface area (Å²) in [5.41, 5.74) is 9.78. The molecule has 20 heavy (non-hydrogen) atoms. The van der Waals surface area contributed by atoms with Crippen molar-refractivity contribution in [3.63, 3.8) is 0 Å². The Bertz CT molecular complexity index is 569. The summed E-state index contributed by atoms with van der Waals surface area (Å²) in [6.45, 7) is 8.30. The van der Waals surface area contributed by atoms with Gasteiger partial charge in [0, 0.05) is 0 Å². The minimum atomic E-state index is -1.04. The maximum Gasteiger partial charge on any atom is 0.322 e. The Morgan fingerprint density at radius 2 is 1.65 bits per heavy atom. The number of aryl methyl sites for hydroxylation is 2. The van der Waals surface area contributed by atoms with Gasteiger partial charge in [-0.2, -0.15) is 0 Å². The summed E-state index contributed by atoms with van der Waals surface area (Å²) in [6.07, 6.45) is 0.384. The fraction of sp³-hybridized carbons (Fsp3) is 0.467. The first kappa shape index (κ1) is 14.5. The Balaban J connectivity index is 2.74. The van der Waals surface area contributed by atoms with Crippen LogP contribution in [0.25, 0.3) is 0 Å². The van der Waals surface area contributed by atoms with Gasteiger partial charge in [-0.05, 0) is 68.5 Å². The molecule has 1 aromatic carbocycles. The van der Waals surface area contributed by atoms with E-state index in [1.807, 2.05) is 27.7 Å². The van der Waals surface area contributed by atoms with E-state index in [9.17, 15) is 9.59 Å². The topological polar surface area (TPSA) is 84.2 Å². The van der Waals surface area contributed by atoms with E-state index in [1.54, 1.807) is 0 Å². The van der Waals surface area contributed by atoms with Gasteiger partial charge in [-0.25, -0.2) is 4.79 Å². The second-order valence-electron chi connectivity index (χ2n) is 5.49. The van der Waals surface area contributed by atoms with Gasteiger partial charge < -0.3 is 11.1 Å². The highest BCUT2D eigenvalue weighted by atomic mass is 16.2. The highest BCUT2D eigenvalue weighted by molar-refractivity contribution is 6.07. The Morgan fingerprint density at radius 3 is 2.05 bits per heavy atom. The van der Waals surface area contributed by atoms with Gasteiger partial charge >= 0.3 is 6.03 Å². The van der Waals surface area contributed by atoms with Gasteiger partial charge in [0.2, 0.25) is 0 Å². The molecule has 0 aromatic heterocycles. The number of amides is 3. The predicted octanol–water partition coefficient (Wildman–Crippen LogP) is 1.30. The van der Waals surface area contributed by atoms with Crippen LogP contribution in [0.4, 0.5) is 4.79 Å². The number of carbonyl (C=O) groups is 2. The zero-order chi connectivity index (χ0) is 15.1. The summed E-state index contributed by atoms with van der Waals surface area (Å²) in [5, 5.41) is 5.13. The molecular formula is C15H21N3O2. The monoisotopic (exact) mass is 275 g/mol. The third kappa shape index (κ3) is 1.98. The normalized spacial score (nSPS) is 21.9. The Morgan fingerprint density at radius 1 is 1.10 bits per heavy atom. The molecule has 1 atom stereocenters. The number of hydrogen-bond donors (Lipinski definition) is 3. The fourth-order valence-electron chi connectivity index (χ4n) is 3.04. The summed E-state index contributed by atoms with van der Waals surface area (Å²) in [7, 11) is 0. The molecule has 1 fully saturated rings. The van der Waals surface area contributed by atoms with Crippen molar-refractivity contribution in [2.45, 2.75) is 39.7 Å². The minimum absolute atomic E-state index is 0.316. The van der Waals surface area contributed by atoms with Gasteiger partial charge in [-0.15, -0.1) is 0 Å². The Labute approximate surface area is 118 Å². The van der Waals surface area contributed by atoms with E-state index >= 15 is 0 Å². The van der Waals surface area contributed by atoms with Crippen molar-refractivity contribution in [3.8, 4) is 0 Å². The number of nitrogens with two attached hydrogens (primary N) is 1. The highest BCUT2D eigenvalue weighted by Gasteiger charge is 2.48. The maximum atomic E-state index is 12.4. The van der Waals surface area contributed by atoms with Crippen LogP contribution in [0.15, 0.2) is 6.07 Å². The quantitative estimate of drug-likeness (QED) is 0.727. The lowest BCUT2D eigenvalue weighted by Gasteiger charge is -2.31. The van der Waals surface area contributed by atoms with Crippen LogP contribution in [-0.2, 0) is 10.3 Å². The molecule has 0 saturated carbocycles. The van der Waals surface area contributed by atoms with Gasteiger partial charge in [0.05, 0.1) is 0 Å². The van der Waals surface area contributed by atoms with Crippen molar-refractivity contribution in [2.75, 3.05) is 6.54 Å². The van der Waals surface area contributed by atoms with Crippen LogP contribution < -0.4 is 16.4 Å². The van der Waals surface area contributed by atoms with E-state index in [2.05, 4.69) is 16.7 Å².